The number of aromatic amines is 1. The normalized spacial score (nSPS) is 10.6. The third-order valence-electron chi connectivity index (χ3n) is 3.08. The summed E-state index contributed by atoms with van der Waals surface area (Å²) in [5, 5.41) is 9.53. The lowest BCUT2D eigenvalue weighted by molar-refractivity contribution is 0.0945. The zero-order chi connectivity index (χ0) is 15.5. The van der Waals surface area contributed by atoms with E-state index < -0.39 is 0 Å². The van der Waals surface area contributed by atoms with Gasteiger partial charge < -0.3 is 9.73 Å². The number of aryl methyl sites for hydroxylation is 2. The second-order valence-electron chi connectivity index (χ2n) is 4.91. The number of hydrogen-bond donors (Lipinski definition) is 2. The minimum Gasteiger partial charge on any atom is -0.460 e. The molecule has 0 radical (unpaired) electrons. The summed E-state index contributed by atoms with van der Waals surface area (Å²) in [5.74, 6) is 1.16. The number of hydrogen-bond acceptors (Lipinski definition) is 5. The molecule has 1 amide bonds. The summed E-state index contributed by atoms with van der Waals surface area (Å²) in [7, 11) is 0. The highest BCUT2D eigenvalue weighted by Gasteiger charge is 2.13. The van der Waals surface area contributed by atoms with Crippen LogP contribution in [0.25, 0.3) is 11.5 Å². The van der Waals surface area contributed by atoms with Crippen molar-refractivity contribution in [1.29, 1.82) is 0 Å². The van der Waals surface area contributed by atoms with Crippen molar-refractivity contribution in [1.82, 2.24) is 25.5 Å². The number of carbonyl (C=O) groups is 1. The number of amides is 1. The van der Waals surface area contributed by atoms with Gasteiger partial charge >= 0.3 is 0 Å². The van der Waals surface area contributed by atoms with Gasteiger partial charge in [0.15, 0.2) is 11.5 Å². The number of nitrogens with zero attached hydrogens (tertiary/aromatic N) is 3. The summed E-state index contributed by atoms with van der Waals surface area (Å²) in [6.45, 7) is 4.02. The molecule has 2 N–H and O–H groups in total. The van der Waals surface area contributed by atoms with E-state index in [9.17, 15) is 4.79 Å². The monoisotopic (exact) mass is 297 g/mol. The second kappa shape index (κ2) is 5.80. The number of nitrogens with one attached hydrogen (secondary N) is 2. The molecule has 0 saturated carbocycles. The van der Waals surface area contributed by atoms with E-state index in [-0.39, 0.29) is 5.91 Å². The van der Waals surface area contributed by atoms with E-state index in [1.807, 2.05) is 26.0 Å². The van der Waals surface area contributed by atoms with Crippen molar-refractivity contribution in [2.45, 2.75) is 20.4 Å². The van der Waals surface area contributed by atoms with Gasteiger partial charge in [-0.3, -0.25) is 19.9 Å². The molecule has 3 rings (SSSR count). The first-order valence-corrected chi connectivity index (χ1v) is 6.80. The van der Waals surface area contributed by atoms with Crippen LogP contribution in [0, 0.1) is 13.8 Å². The topological polar surface area (TPSA) is 96.7 Å². The van der Waals surface area contributed by atoms with Crippen LogP contribution >= 0.6 is 0 Å². The molecule has 0 aliphatic carbocycles. The van der Waals surface area contributed by atoms with Crippen molar-refractivity contribution in [2.75, 3.05) is 0 Å². The van der Waals surface area contributed by atoms with E-state index in [2.05, 4.69) is 25.5 Å². The summed E-state index contributed by atoms with van der Waals surface area (Å²) in [5.41, 5.74) is 2.48. The van der Waals surface area contributed by atoms with Gasteiger partial charge in [-0.2, -0.15) is 5.10 Å². The first-order valence-electron chi connectivity index (χ1n) is 6.80. The average Bonchev–Trinajstić information content (AvgIpc) is 3.15. The fourth-order valence-corrected chi connectivity index (χ4v) is 1.92. The maximum atomic E-state index is 12.1. The zero-order valence-corrected chi connectivity index (χ0v) is 12.3. The van der Waals surface area contributed by atoms with Gasteiger partial charge in [-0.15, -0.1) is 0 Å². The number of rotatable bonds is 4. The highest BCUT2D eigenvalue weighted by atomic mass is 16.3. The Morgan fingerprint density at radius 2 is 2.14 bits per heavy atom. The molecule has 0 aliphatic rings. The summed E-state index contributed by atoms with van der Waals surface area (Å²) in [4.78, 5) is 20.4. The van der Waals surface area contributed by atoms with Crippen molar-refractivity contribution in [3.8, 4) is 11.5 Å². The number of aromatic nitrogens is 4. The standard InChI is InChI=1S/C15H15N5O2/c1-9-6-17-11(7-16-9)8-18-15(21)13-5-12(19-20-13)14-4-3-10(2)22-14/h3-7H,8H2,1-2H3,(H,18,21)(H,19,20). The highest BCUT2D eigenvalue weighted by molar-refractivity contribution is 5.93. The van der Waals surface area contributed by atoms with Crippen LogP contribution in [0.2, 0.25) is 0 Å². The molecule has 0 fully saturated rings. The van der Waals surface area contributed by atoms with E-state index in [0.717, 1.165) is 11.5 Å². The summed E-state index contributed by atoms with van der Waals surface area (Å²) < 4.78 is 5.48. The summed E-state index contributed by atoms with van der Waals surface area (Å²) in [6.07, 6.45) is 3.30. The number of furan rings is 1. The van der Waals surface area contributed by atoms with Crippen molar-refractivity contribution in [3.05, 3.63) is 53.4 Å². The molecule has 7 nitrogen and oxygen atoms in total. The minimum absolute atomic E-state index is 0.284. The van der Waals surface area contributed by atoms with Crippen LogP contribution in [-0.2, 0) is 6.54 Å². The van der Waals surface area contributed by atoms with Crippen LogP contribution in [0.5, 0.6) is 0 Å². The lowest BCUT2D eigenvalue weighted by Gasteiger charge is -2.02. The molecule has 3 aromatic heterocycles. The largest absolute Gasteiger partial charge is 0.460 e. The molecule has 112 valence electrons. The van der Waals surface area contributed by atoms with Gasteiger partial charge in [0.25, 0.3) is 5.91 Å². The predicted molar refractivity (Wildman–Crippen MR) is 79.0 cm³/mol. The highest BCUT2D eigenvalue weighted by Crippen LogP contribution is 2.20. The summed E-state index contributed by atoms with van der Waals surface area (Å²) in [6, 6.07) is 5.33. The smallest absolute Gasteiger partial charge is 0.272 e. The maximum absolute atomic E-state index is 12.1. The first-order chi connectivity index (χ1) is 10.6. The molecule has 7 heteroatoms. The van der Waals surface area contributed by atoms with Crippen LogP contribution < -0.4 is 5.32 Å². The summed E-state index contributed by atoms with van der Waals surface area (Å²) >= 11 is 0. The van der Waals surface area contributed by atoms with Crippen LogP contribution in [0.3, 0.4) is 0 Å². The van der Waals surface area contributed by atoms with Gasteiger partial charge in [0, 0.05) is 12.3 Å². The van der Waals surface area contributed by atoms with E-state index in [4.69, 9.17) is 4.42 Å². The Morgan fingerprint density at radius 1 is 1.27 bits per heavy atom. The quantitative estimate of drug-likeness (QED) is 0.767. The predicted octanol–water partition coefficient (Wildman–Crippen LogP) is 2.01. The van der Waals surface area contributed by atoms with Crippen molar-refractivity contribution in [2.24, 2.45) is 0 Å². The fraction of sp³-hybridized carbons (Fsp3) is 0.200. The Kier molecular flexibility index (Phi) is 3.69. The lowest BCUT2D eigenvalue weighted by atomic mass is 10.3. The van der Waals surface area contributed by atoms with Gasteiger partial charge in [-0.1, -0.05) is 0 Å². The zero-order valence-electron chi connectivity index (χ0n) is 12.3. The average molecular weight is 297 g/mol. The van der Waals surface area contributed by atoms with Crippen LogP contribution in [0.15, 0.2) is 35.0 Å². The van der Waals surface area contributed by atoms with E-state index >= 15 is 0 Å². The molecule has 0 spiro atoms. The number of carbonyl (C=O) groups excluding carboxylic acids is 1. The Bertz CT molecular complexity index is 788. The van der Waals surface area contributed by atoms with Gasteiger partial charge in [-0.05, 0) is 26.0 Å². The van der Waals surface area contributed by atoms with Crippen molar-refractivity contribution in [3.63, 3.8) is 0 Å². The Balaban J connectivity index is 1.65. The van der Waals surface area contributed by atoms with Gasteiger partial charge in [0.2, 0.25) is 0 Å². The molecule has 3 heterocycles. The fourth-order valence-electron chi connectivity index (χ4n) is 1.92. The maximum Gasteiger partial charge on any atom is 0.272 e. The molecular formula is C15H15N5O2. The van der Waals surface area contributed by atoms with Crippen LogP contribution in [-0.4, -0.2) is 26.1 Å². The molecule has 0 saturated heterocycles. The van der Waals surface area contributed by atoms with Crippen LogP contribution in [0.1, 0.15) is 27.6 Å². The number of H-pyrrole nitrogens is 1. The molecule has 0 aromatic carbocycles. The lowest BCUT2D eigenvalue weighted by Crippen LogP contribution is -2.23. The Hall–Kier alpha value is -2.96. The first kappa shape index (κ1) is 14.0. The molecule has 0 unspecified atom stereocenters. The third-order valence-corrected chi connectivity index (χ3v) is 3.08. The van der Waals surface area contributed by atoms with E-state index in [0.29, 0.717) is 29.4 Å². The van der Waals surface area contributed by atoms with Gasteiger partial charge in [-0.25, -0.2) is 0 Å². The van der Waals surface area contributed by atoms with Crippen molar-refractivity contribution < 1.29 is 9.21 Å². The molecule has 22 heavy (non-hydrogen) atoms. The molecule has 0 aliphatic heterocycles. The van der Waals surface area contributed by atoms with Crippen LogP contribution in [0.4, 0.5) is 0 Å². The van der Waals surface area contributed by atoms with Gasteiger partial charge in [0.1, 0.15) is 11.5 Å². The van der Waals surface area contributed by atoms with Gasteiger partial charge in [0.05, 0.1) is 24.1 Å². The van der Waals surface area contributed by atoms with Crippen molar-refractivity contribution >= 4 is 5.91 Å². The Labute approximate surface area is 126 Å². The molecule has 0 atom stereocenters. The molecule has 0 bridgehead atoms. The SMILES string of the molecule is Cc1cnc(CNC(=O)c2cc(-c3ccc(C)o3)[nH]n2)cn1. The van der Waals surface area contributed by atoms with E-state index in [1.165, 1.54) is 0 Å². The third kappa shape index (κ3) is 3.03. The van der Waals surface area contributed by atoms with E-state index in [1.54, 1.807) is 18.5 Å². The second-order valence-corrected chi connectivity index (χ2v) is 4.91. The minimum atomic E-state index is -0.284. The Morgan fingerprint density at radius 3 is 2.82 bits per heavy atom. The molecular weight excluding hydrogens is 282 g/mol. The molecule has 3 aromatic rings.